The van der Waals surface area contributed by atoms with Gasteiger partial charge in [-0.2, -0.15) is 0 Å². The Labute approximate surface area is 88.1 Å². The number of nitrogens with one attached hydrogen (secondary N) is 1. The van der Waals surface area contributed by atoms with Gasteiger partial charge in [-0.25, -0.2) is 4.79 Å². The molecule has 0 aliphatic heterocycles. The second-order valence-electron chi connectivity index (χ2n) is 3.13. The molecule has 2 N–H and O–H groups in total. The van der Waals surface area contributed by atoms with Crippen LogP contribution in [-0.2, 0) is 9.63 Å². The number of benzene rings is 1. The largest absolute Gasteiger partial charge is 0.479 e. The van der Waals surface area contributed by atoms with Crippen LogP contribution in [0.3, 0.4) is 0 Å². The minimum absolute atomic E-state index is 0.398. The maximum absolute atomic E-state index is 10.2. The van der Waals surface area contributed by atoms with Crippen molar-refractivity contribution >= 4 is 11.7 Å². The zero-order valence-corrected chi connectivity index (χ0v) is 8.49. The number of hydrogen-bond donors (Lipinski definition) is 2. The number of carboxylic acids is 1. The third-order valence-electron chi connectivity index (χ3n) is 1.79. The van der Waals surface area contributed by atoms with Crippen LogP contribution in [0.1, 0.15) is 11.1 Å². The fourth-order valence-electron chi connectivity index (χ4n) is 0.999. The fraction of sp³-hybridized carbons (Fsp3) is 0.182. The molecule has 0 unspecified atom stereocenters. The van der Waals surface area contributed by atoms with E-state index < -0.39 is 12.6 Å². The van der Waals surface area contributed by atoms with E-state index in [1.807, 2.05) is 31.2 Å². The number of carboxylic acid groups (broad SMARTS) is 1. The van der Waals surface area contributed by atoms with Gasteiger partial charge < -0.3 is 5.11 Å². The number of hydroxylamine groups is 1. The first-order valence-corrected chi connectivity index (χ1v) is 4.45. The van der Waals surface area contributed by atoms with Gasteiger partial charge in [-0.05, 0) is 12.5 Å². The highest BCUT2D eigenvalue weighted by atomic mass is 16.7. The molecule has 4 nitrogen and oxygen atoms in total. The van der Waals surface area contributed by atoms with Gasteiger partial charge in [0.2, 0.25) is 0 Å². The molecule has 0 radical (unpaired) electrons. The lowest BCUT2D eigenvalue weighted by Crippen LogP contribution is -2.18. The summed E-state index contributed by atoms with van der Waals surface area (Å²) in [6.07, 6.45) is 0. The van der Waals surface area contributed by atoms with Crippen LogP contribution in [0, 0.1) is 6.92 Å². The highest BCUT2D eigenvalue weighted by Gasteiger charge is 2.00. The van der Waals surface area contributed by atoms with Crippen molar-refractivity contribution in [2.75, 3.05) is 6.61 Å². The van der Waals surface area contributed by atoms with E-state index in [1.165, 1.54) is 0 Å². The van der Waals surface area contributed by atoms with Crippen molar-refractivity contribution < 1.29 is 14.7 Å². The first kappa shape index (κ1) is 11.3. The van der Waals surface area contributed by atoms with Crippen LogP contribution in [0.2, 0.25) is 0 Å². The zero-order valence-electron chi connectivity index (χ0n) is 8.49. The van der Waals surface area contributed by atoms with E-state index in [-0.39, 0.29) is 0 Å². The van der Waals surface area contributed by atoms with E-state index in [1.54, 1.807) is 0 Å². The third kappa shape index (κ3) is 3.83. The Kier molecular flexibility index (Phi) is 3.88. The van der Waals surface area contributed by atoms with Crippen LogP contribution < -0.4 is 5.48 Å². The van der Waals surface area contributed by atoms with Gasteiger partial charge in [-0.1, -0.05) is 36.4 Å². The van der Waals surface area contributed by atoms with E-state index in [9.17, 15) is 4.79 Å². The molecular formula is C11H13NO3. The topological polar surface area (TPSA) is 58.6 Å². The average molecular weight is 207 g/mol. The second kappa shape index (κ2) is 5.17. The summed E-state index contributed by atoms with van der Waals surface area (Å²) in [5.74, 6) is -1.03. The number of carbonyl (C=O) groups is 1. The Balaban J connectivity index is 2.47. The number of aliphatic carboxylic acids is 1. The quantitative estimate of drug-likeness (QED) is 0.719. The van der Waals surface area contributed by atoms with Gasteiger partial charge in [0.25, 0.3) is 0 Å². The zero-order chi connectivity index (χ0) is 11.3. The summed E-state index contributed by atoms with van der Waals surface area (Å²) in [6, 6.07) is 7.66. The predicted octanol–water partition coefficient (Wildman–Crippen LogP) is 1.57. The van der Waals surface area contributed by atoms with Crippen molar-refractivity contribution in [3.8, 4) is 0 Å². The van der Waals surface area contributed by atoms with Crippen molar-refractivity contribution in [1.82, 2.24) is 5.48 Å². The number of hydrogen-bond acceptors (Lipinski definition) is 3. The van der Waals surface area contributed by atoms with Gasteiger partial charge in [0.15, 0.2) is 6.61 Å². The number of rotatable bonds is 5. The Morgan fingerprint density at radius 3 is 2.60 bits per heavy atom. The van der Waals surface area contributed by atoms with E-state index in [0.717, 1.165) is 11.1 Å². The molecule has 0 heterocycles. The summed E-state index contributed by atoms with van der Waals surface area (Å²) < 4.78 is 0. The van der Waals surface area contributed by atoms with E-state index in [4.69, 9.17) is 9.94 Å². The maximum atomic E-state index is 10.2. The lowest BCUT2D eigenvalue weighted by molar-refractivity contribution is -0.143. The summed E-state index contributed by atoms with van der Waals surface area (Å²) in [4.78, 5) is 14.9. The van der Waals surface area contributed by atoms with E-state index >= 15 is 0 Å². The fourth-order valence-corrected chi connectivity index (χ4v) is 0.999. The maximum Gasteiger partial charge on any atom is 0.332 e. The van der Waals surface area contributed by atoms with Crippen molar-refractivity contribution in [2.45, 2.75) is 6.92 Å². The van der Waals surface area contributed by atoms with Crippen LogP contribution >= 0.6 is 0 Å². The minimum atomic E-state index is -1.03. The smallest absolute Gasteiger partial charge is 0.332 e. The summed E-state index contributed by atoms with van der Waals surface area (Å²) >= 11 is 0. The Morgan fingerprint density at radius 1 is 1.47 bits per heavy atom. The summed E-state index contributed by atoms with van der Waals surface area (Å²) in [5, 5.41) is 8.34. The molecule has 0 aliphatic carbocycles. The van der Waals surface area contributed by atoms with Crippen molar-refractivity contribution in [2.24, 2.45) is 0 Å². The molecule has 0 atom stereocenters. The molecule has 1 aromatic rings. The van der Waals surface area contributed by atoms with Gasteiger partial charge in [-0.3, -0.25) is 10.3 Å². The molecule has 1 aromatic carbocycles. The first-order valence-electron chi connectivity index (χ1n) is 4.45. The van der Waals surface area contributed by atoms with E-state index in [2.05, 4.69) is 12.1 Å². The highest BCUT2D eigenvalue weighted by Crippen LogP contribution is 2.10. The van der Waals surface area contributed by atoms with Crippen molar-refractivity contribution in [1.29, 1.82) is 0 Å². The molecule has 1 rings (SSSR count). The molecule has 15 heavy (non-hydrogen) atoms. The van der Waals surface area contributed by atoms with Gasteiger partial charge >= 0.3 is 5.97 Å². The summed E-state index contributed by atoms with van der Waals surface area (Å²) in [5.41, 5.74) is 5.03. The molecule has 0 aromatic heterocycles. The van der Waals surface area contributed by atoms with Gasteiger partial charge in [0.05, 0.1) is 5.70 Å². The summed E-state index contributed by atoms with van der Waals surface area (Å²) in [7, 11) is 0. The average Bonchev–Trinajstić information content (AvgIpc) is 2.18. The molecule has 4 heteroatoms. The van der Waals surface area contributed by atoms with Crippen LogP contribution in [-0.4, -0.2) is 17.7 Å². The van der Waals surface area contributed by atoms with Crippen molar-refractivity contribution in [3.63, 3.8) is 0 Å². The molecule has 0 aliphatic rings. The van der Waals surface area contributed by atoms with E-state index in [0.29, 0.717) is 5.70 Å². The van der Waals surface area contributed by atoms with Gasteiger partial charge in [0, 0.05) is 0 Å². The molecule has 0 spiro atoms. The Morgan fingerprint density at radius 2 is 2.07 bits per heavy atom. The highest BCUT2D eigenvalue weighted by molar-refractivity contribution is 5.68. The molecule has 0 saturated carbocycles. The molecule has 0 saturated heterocycles. The number of aryl methyl sites for hydroxylation is 1. The molecule has 80 valence electrons. The lowest BCUT2D eigenvalue weighted by Gasteiger charge is -2.08. The van der Waals surface area contributed by atoms with Crippen molar-refractivity contribution in [3.05, 3.63) is 42.0 Å². The van der Waals surface area contributed by atoms with Crippen LogP contribution in [0.4, 0.5) is 0 Å². The van der Waals surface area contributed by atoms with Crippen LogP contribution in [0.5, 0.6) is 0 Å². The normalized spacial score (nSPS) is 9.67. The predicted molar refractivity (Wildman–Crippen MR) is 56.9 cm³/mol. The molecule has 0 amide bonds. The Hall–Kier alpha value is -1.81. The molecule has 0 bridgehead atoms. The monoisotopic (exact) mass is 207 g/mol. The van der Waals surface area contributed by atoms with Gasteiger partial charge in [-0.15, -0.1) is 0 Å². The SMILES string of the molecule is C=C(NOCC(=O)O)c1ccc(C)cc1. The summed E-state index contributed by atoms with van der Waals surface area (Å²) in [6.45, 7) is 5.31. The van der Waals surface area contributed by atoms with Crippen LogP contribution in [0.25, 0.3) is 5.70 Å². The standard InChI is InChI=1S/C11H13NO3/c1-8-3-5-10(6-4-8)9(2)12-15-7-11(13)14/h3-6,12H,2,7H2,1H3,(H,13,14). The molecule has 0 fully saturated rings. The second-order valence-corrected chi connectivity index (χ2v) is 3.13. The third-order valence-corrected chi connectivity index (χ3v) is 1.79. The Bertz CT molecular complexity index is 357. The molecular weight excluding hydrogens is 194 g/mol. The van der Waals surface area contributed by atoms with Crippen LogP contribution in [0.15, 0.2) is 30.8 Å². The minimum Gasteiger partial charge on any atom is -0.479 e. The lowest BCUT2D eigenvalue weighted by atomic mass is 10.1. The first-order chi connectivity index (χ1) is 7.09. The van der Waals surface area contributed by atoms with Gasteiger partial charge in [0.1, 0.15) is 0 Å².